The van der Waals surface area contributed by atoms with Gasteiger partial charge in [0, 0.05) is 19.3 Å². The van der Waals surface area contributed by atoms with E-state index in [0.29, 0.717) is 12.0 Å². The lowest BCUT2D eigenvalue weighted by Gasteiger charge is -2.23. The summed E-state index contributed by atoms with van der Waals surface area (Å²) in [6.07, 6.45) is 2.14. The van der Waals surface area contributed by atoms with Crippen LogP contribution in [0.5, 0.6) is 0 Å². The number of hydrogen-bond acceptors (Lipinski definition) is 3. The van der Waals surface area contributed by atoms with Crippen molar-refractivity contribution in [3.8, 4) is 6.07 Å². The predicted octanol–water partition coefficient (Wildman–Crippen LogP) is 1.40. The minimum atomic E-state index is 0.0339. The van der Waals surface area contributed by atoms with Crippen molar-refractivity contribution in [2.75, 3.05) is 13.2 Å². The molecule has 4 nitrogen and oxygen atoms in total. The van der Waals surface area contributed by atoms with Gasteiger partial charge in [-0.05, 0) is 30.5 Å². The highest BCUT2D eigenvalue weighted by molar-refractivity contribution is 5.78. The molecule has 1 aliphatic heterocycles. The van der Waals surface area contributed by atoms with Crippen molar-refractivity contribution < 1.29 is 9.53 Å². The molecule has 1 heterocycles. The molecule has 0 bridgehead atoms. The van der Waals surface area contributed by atoms with E-state index >= 15 is 0 Å². The molecule has 1 aromatic rings. The first-order chi connectivity index (χ1) is 8.78. The fourth-order valence-corrected chi connectivity index (χ4v) is 2.00. The van der Waals surface area contributed by atoms with Gasteiger partial charge in [-0.25, -0.2) is 0 Å². The van der Waals surface area contributed by atoms with E-state index in [1.165, 1.54) is 0 Å². The standard InChI is InChI=1S/C14H16N2O2/c15-10-12-3-1-11(2-4-12)9-14(17)16-13-5-7-18-8-6-13/h1-4,13H,5-9H2,(H,16,17). The zero-order chi connectivity index (χ0) is 12.8. The van der Waals surface area contributed by atoms with E-state index in [1.54, 1.807) is 12.1 Å². The zero-order valence-corrected chi connectivity index (χ0v) is 10.2. The Balaban J connectivity index is 1.84. The summed E-state index contributed by atoms with van der Waals surface area (Å²) in [7, 11) is 0. The van der Waals surface area contributed by atoms with Crippen molar-refractivity contribution in [2.24, 2.45) is 0 Å². The van der Waals surface area contributed by atoms with Crippen molar-refractivity contribution in [1.29, 1.82) is 5.26 Å². The Labute approximate surface area is 107 Å². The summed E-state index contributed by atoms with van der Waals surface area (Å²) in [5.74, 6) is 0.0339. The maximum atomic E-state index is 11.8. The first-order valence-electron chi connectivity index (χ1n) is 6.14. The van der Waals surface area contributed by atoms with Crippen molar-refractivity contribution in [2.45, 2.75) is 25.3 Å². The van der Waals surface area contributed by atoms with Crippen LogP contribution in [0.25, 0.3) is 0 Å². The largest absolute Gasteiger partial charge is 0.381 e. The maximum Gasteiger partial charge on any atom is 0.224 e. The number of carbonyl (C=O) groups is 1. The van der Waals surface area contributed by atoms with Crippen LogP contribution in [0, 0.1) is 11.3 Å². The monoisotopic (exact) mass is 244 g/mol. The van der Waals surface area contributed by atoms with Crippen molar-refractivity contribution in [3.63, 3.8) is 0 Å². The number of ether oxygens (including phenoxy) is 1. The lowest BCUT2D eigenvalue weighted by atomic mass is 10.1. The molecule has 0 unspecified atom stereocenters. The lowest BCUT2D eigenvalue weighted by molar-refractivity contribution is -0.121. The second kappa shape index (κ2) is 6.18. The van der Waals surface area contributed by atoms with E-state index in [-0.39, 0.29) is 11.9 Å². The second-order valence-electron chi connectivity index (χ2n) is 4.44. The van der Waals surface area contributed by atoms with Crippen LogP contribution in [0.1, 0.15) is 24.0 Å². The normalized spacial score (nSPS) is 15.9. The van der Waals surface area contributed by atoms with E-state index in [2.05, 4.69) is 11.4 Å². The summed E-state index contributed by atoms with van der Waals surface area (Å²) >= 11 is 0. The van der Waals surface area contributed by atoms with Gasteiger partial charge in [-0.2, -0.15) is 5.26 Å². The molecule has 1 amide bonds. The highest BCUT2D eigenvalue weighted by atomic mass is 16.5. The summed E-state index contributed by atoms with van der Waals surface area (Å²) in [5, 5.41) is 11.7. The smallest absolute Gasteiger partial charge is 0.224 e. The topological polar surface area (TPSA) is 62.1 Å². The third-order valence-corrected chi connectivity index (χ3v) is 3.03. The molecule has 0 radical (unpaired) electrons. The van der Waals surface area contributed by atoms with Crippen molar-refractivity contribution in [3.05, 3.63) is 35.4 Å². The molecular weight excluding hydrogens is 228 g/mol. The van der Waals surface area contributed by atoms with Gasteiger partial charge in [0.05, 0.1) is 18.1 Å². The highest BCUT2D eigenvalue weighted by Gasteiger charge is 2.15. The number of rotatable bonds is 3. The fourth-order valence-electron chi connectivity index (χ4n) is 2.00. The zero-order valence-electron chi connectivity index (χ0n) is 10.2. The first kappa shape index (κ1) is 12.6. The van der Waals surface area contributed by atoms with E-state index in [1.807, 2.05) is 12.1 Å². The highest BCUT2D eigenvalue weighted by Crippen LogP contribution is 2.08. The quantitative estimate of drug-likeness (QED) is 0.874. The molecule has 94 valence electrons. The van der Waals surface area contributed by atoms with Gasteiger partial charge in [0.15, 0.2) is 0 Å². The molecule has 1 aliphatic rings. The number of hydrogen-bond donors (Lipinski definition) is 1. The molecule has 1 saturated heterocycles. The third-order valence-electron chi connectivity index (χ3n) is 3.03. The third kappa shape index (κ3) is 3.57. The summed E-state index contributed by atoms with van der Waals surface area (Å²) in [6, 6.07) is 9.41. The number of nitrogens with one attached hydrogen (secondary N) is 1. The summed E-state index contributed by atoms with van der Waals surface area (Å²) in [4.78, 5) is 11.8. The van der Waals surface area contributed by atoms with Gasteiger partial charge in [-0.15, -0.1) is 0 Å². The Morgan fingerprint density at radius 3 is 2.61 bits per heavy atom. The van der Waals surface area contributed by atoms with Gasteiger partial charge in [0.1, 0.15) is 0 Å². The molecule has 4 heteroatoms. The molecule has 18 heavy (non-hydrogen) atoms. The molecule has 1 fully saturated rings. The van der Waals surface area contributed by atoms with Crippen LogP contribution in [-0.4, -0.2) is 25.2 Å². The van der Waals surface area contributed by atoms with Gasteiger partial charge >= 0.3 is 0 Å². The van der Waals surface area contributed by atoms with Crippen LogP contribution < -0.4 is 5.32 Å². The molecule has 1 N–H and O–H groups in total. The molecule has 0 atom stereocenters. The van der Waals surface area contributed by atoms with Gasteiger partial charge in [-0.3, -0.25) is 4.79 Å². The number of benzene rings is 1. The Morgan fingerprint density at radius 2 is 2.00 bits per heavy atom. The molecule has 0 aliphatic carbocycles. The lowest BCUT2D eigenvalue weighted by Crippen LogP contribution is -2.39. The second-order valence-corrected chi connectivity index (χ2v) is 4.44. The molecule has 0 saturated carbocycles. The number of carbonyl (C=O) groups excluding carboxylic acids is 1. The van der Waals surface area contributed by atoms with Crippen molar-refractivity contribution in [1.82, 2.24) is 5.32 Å². The summed E-state index contributed by atoms with van der Waals surface area (Å²) in [6.45, 7) is 1.45. The van der Waals surface area contributed by atoms with E-state index in [4.69, 9.17) is 10.00 Å². The minimum Gasteiger partial charge on any atom is -0.381 e. The first-order valence-corrected chi connectivity index (χ1v) is 6.14. The van der Waals surface area contributed by atoms with Gasteiger partial charge in [0.2, 0.25) is 5.91 Å². The van der Waals surface area contributed by atoms with E-state index in [9.17, 15) is 4.79 Å². The van der Waals surface area contributed by atoms with Crippen LogP contribution in [0.2, 0.25) is 0 Å². The Bertz CT molecular complexity index is 442. The van der Waals surface area contributed by atoms with Crippen LogP contribution >= 0.6 is 0 Å². The fraction of sp³-hybridized carbons (Fsp3) is 0.429. The molecular formula is C14H16N2O2. The Hall–Kier alpha value is -1.86. The number of amides is 1. The van der Waals surface area contributed by atoms with Gasteiger partial charge in [0.25, 0.3) is 0 Å². The van der Waals surface area contributed by atoms with E-state index in [0.717, 1.165) is 31.6 Å². The van der Waals surface area contributed by atoms with Gasteiger partial charge < -0.3 is 10.1 Å². The predicted molar refractivity (Wildman–Crippen MR) is 66.8 cm³/mol. The molecule has 0 spiro atoms. The number of nitriles is 1. The minimum absolute atomic E-state index is 0.0339. The Morgan fingerprint density at radius 1 is 1.33 bits per heavy atom. The molecule has 1 aromatic carbocycles. The summed E-state index contributed by atoms with van der Waals surface area (Å²) < 4.78 is 5.24. The SMILES string of the molecule is N#Cc1ccc(CC(=O)NC2CCOCC2)cc1. The van der Waals surface area contributed by atoms with Crippen LogP contribution in [0.3, 0.4) is 0 Å². The van der Waals surface area contributed by atoms with Crippen LogP contribution in [-0.2, 0) is 16.0 Å². The Kier molecular flexibility index (Phi) is 4.32. The molecule has 2 rings (SSSR count). The average Bonchev–Trinajstić information content (AvgIpc) is 2.40. The van der Waals surface area contributed by atoms with Crippen LogP contribution in [0.4, 0.5) is 0 Å². The van der Waals surface area contributed by atoms with Crippen molar-refractivity contribution >= 4 is 5.91 Å². The average molecular weight is 244 g/mol. The maximum absolute atomic E-state index is 11.8. The van der Waals surface area contributed by atoms with E-state index < -0.39 is 0 Å². The number of nitrogens with zero attached hydrogens (tertiary/aromatic N) is 1. The summed E-state index contributed by atoms with van der Waals surface area (Å²) in [5.41, 5.74) is 1.54. The van der Waals surface area contributed by atoms with Gasteiger partial charge in [-0.1, -0.05) is 12.1 Å². The molecule has 0 aromatic heterocycles. The van der Waals surface area contributed by atoms with Crippen LogP contribution in [0.15, 0.2) is 24.3 Å².